The Morgan fingerprint density at radius 2 is 1.89 bits per heavy atom. The molecule has 4 heteroatoms. The molecule has 0 bridgehead atoms. The van der Waals surface area contributed by atoms with E-state index in [0.717, 1.165) is 46.7 Å². The van der Waals surface area contributed by atoms with Crippen molar-refractivity contribution in [3.8, 4) is 0 Å². The smallest absolute Gasteiger partial charge is 0.148 e. The van der Waals surface area contributed by atoms with Gasteiger partial charge in [0.05, 0.1) is 10.7 Å². The Hall–Kier alpha value is -0.500. The molecule has 1 nitrogen and oxygen atoms in total. The quantitative estimate of drug-likeness (QED) is 0.637. The van der Waals surface area contributed by atoms with Gasteiger partial charge in [0.25, 0.3) is 0 Å². The summed E-state index contributed by atoms with van der Waals surface area (Å²) in [5.41, 5.74) is 4.24. The van der Waals surface area contributed by atoms with Crippen molar-refractivity contribution in [3.63, 3.8) is 0 Å². The van der Waals surface area contributed by atoms with Gasteiger partial charge in [-0.25, -0.2) is 4.99 Å². The van der Waals surface area contributed by atoms with E-state index in [2.05, 4.69) is 11.9 Å². The second kappa shape index (κ2) is 5.64. The van der Waals surface area contributed by atoms with Crippen molar-refractivity contribution in [2.75, 3.05) is 0 Å². The summed E-state index contributed by atoms with van der Waals surface area (Å²) in [4.78, 5) is 4.48. The third-order valence-electron chi connectivity index (χ3n) is 3.15. The fourth-order valence-corrected chi connectivity index (χ4v) is 2.72. The van der Waals surface area contributed by atoms with Crippen LogP contribution >= 0.6 is 34.8 Å². The lowest BCUT2D eigenvalue weighted by Crippen LogP contribution is -2.00. The minimum Gasteiger partial charge on any atom is -0.235 e. The van der Waals surface area contributed by atoms with E-state index in [0.29, 0.717) is 10.2 Å². The van der Waals surface area contributed by atoms with Crippen LogP contribution in [0.1, 0.15) is 31.4 Å². The highest BCUT2D eigenvalue weighted by atomic mass is 35.5. The number of hydrogen-bond acceptors (Lipinski definition) is 1. The summed E-state index contributed by atoms with van der Waals surface area (Å²) >= 11 is 18.5. The lowest BCUT2D eigenvalue weighted by atomic mass is 9.98. The third-order valence-corrected chi connectivity index (χ3v) is 4.24. The molecule has 0 fully saturated rings. The molecule has 0 saturated heterocycles. The molecule has 0 aromatic heterocycles. The molecule has 0 radical (unpaired) electrons. The van der Waals surface area contributed by atoms with Crippen LogP contribution in [0.3, 0.4) is 0 Å². The highest BCUT2D eigenvalue weighted by Gasteiger charge is 2.15. The van der Waals surface area contributed by atoms with Crippen molar-refractivity contribution < 1.29 is 0 Å². The zero-order chi connectivity index (χ0) is 13.3. The predicted molar refractivity (Wildman–Crippen MR) is 80.7 cm³/mol. The molecular formula is C14H14Cl3N. The van der Waals surface area contributed by atoms with Gasteiger partial charge in [-0.3, -0.25) is 0 Å². The number of allylic oxidation sites excluding steroid dienone is 2. The number of hydrogen-bond donors (Lipinski definition) is 0. The van der Waals surface area contributed by atoms with Gasteiger partial charge >= 0.3 is 0 Å². The molecule has 0 N–H and O–H groups in total. The first-order chi connectivity index (χ1) is 8.52. The molecule has 18 heavy (non-hydrogen) atoms. The molecule has 0 unspecified atom stereocenters. The van der Waals surface area contributed by atoms with Crippen molar-refractivity contribution in [1.29, 1.82) is 0 Å². The zero-order valence-electron chi connectivity index (χ0n) is 10.4. The van der Waals surface area contributed by atoms with E-state index in [1.165, 1.54) is 0 Å². The molecule has 1 heterocycles. The fraction of sp³-hybridized carbons (Fsp3) is 0.357. The fourth-order valence-electron chi connectivity index (χ4n) is 2.08. The molecule has 1 aromatic carbocycles. The van der Waals surface area contributed by atoms with Crippen LogP contribution in [0.5, 0.6) is 0 Å². The first kappa shape index (κ1) is 13.9. The van der Waals surface area contributed by atoms with Gasteiger partial charge in [0.1, 0.15) is 5.17 Å². The maximum Gasteiger partial charge on any atom is 0.148 e. The number of aryl methyl sites for hydroxylation is 2. The molecular weight excluding hydrogens is 289 g/mol. The minimum atomic E-state index is 0.368. The first-order valence-electron chi connectivity index (χ1n) is 5.94. The van der Waals surface area contributed by atoms with Gasteiger partial charge in [-0.1, -0.05) is 47.3 Å². The van der Waals surface area contributed by atoms with Crippen molar-refractivity contribution in [3.05, 3.63) is 38.9 Å². The molecule has 0 saturated carbocycles. The van der Waals surface area contributed by atoms with E-state index >= 15 is 0 Å². The normalized spacial score (nSPS) is 15.9. The van der Waals surface area contributed by atoms with Gasteiger partial charge in [0.15, 0.2) is 0 Å². The number of halogens is 3. The Kier molecular flexibility index (Phi) is 4.37. The summed E-state index contributed by atoms with van der Waals surface area (Å²) in [5.74, 6) is 0. The largest absolute Gasteiger partial charge is 0.235 e. The number of aliphatic imine (C=N–C) groups is 1. The average Bonchev–Trinajstić information content (AvgIpc) is 2.35. The summed E-state index contributed by atoms with van der Waals surface area (Å²) < 4.78 is 0. The molecule has 2 rings (SSSR count). The molecule has 0 spiro atoms. The van der Waals surface area contributed by atoms with Crippen LogP contribution < -0.4 is 0 Å². The number of nitrogens with zero attached hydrogens (tertiary/aromatic N) is 1. The standard InChI is InChI=1S/C14H14Cl3N/c1-3-9-6-11(15)7-10-5-4-8(2)12(16)14(17)18-13(9)10/h6-7H,3-5H2,1-2H3. The number of benzene rings is 1. The molecule has 1 aromatic rings. The van der Waals surface area contributed by atoms with E-state index in [-0.39, 0.29) is 0 Å². The molecule has 1 aliphatic rings. The lowest BCUT2D eigenvalue weighted by Gasteiger charge is -2.15. The van der Waals surface area contributed by atoms with Gasteiger partial charge < -0.3 is 0 Å². The van der Waals surface area contributed by atoms with Crippen LogP contribution in [0, 0.1) is 0 Å². The third kappa shape index (κ3) is 2.74. The molecule has 1 aliphatic heterocycles. The lowest BCUT2D eigenvalue weighted by molar-refractivity contribution is 0.930. The Morgan fingerprint density at radius 1 is 1.17 bits per heavy atom. The monoisotopic (exact) mass is 301 g/mol. The van der Waals surface area contributed by atoms with Gasteiger partial charge in [-0.15, -0.1) is 0 Å². The van der Waals surface area contributed by atoms with E-state index in [9.17, 15) is 0 Å². The second-order valence-corrected chi connectivity index (χ2v) is 5.60. The predicted octanol–water partition coefficient (Wildman–Crippen LogP) is 5.63. The van der Waals surface area contributed by atoms with Gasteiger partial charge in [0, 0.05) is 5.02 Å². The van der Waals surface area contributed by atoms with E-state index < -0.39 is 0 Å². The Labute approximate surface area is 122 Å². The van der Waals surface area contributed by atoms with E-state index in [1.807, 2.05) is 19.1 Å². The van der Waals surface area contributed by atoms with Gasteiger partial charge in [-0.2, -0.15) is 0 Å². The minimum absolute atomic E-state index is 0.368. The van der Waals surface area contributed by atoms with Crippen LogP contribution in [-0.4, -0.2) is 5.17 Å². The molecule has 0 amide bonds. The SMILES string of the molecule is CCc1cc(Cl)cc2c1N=C(Cl)C(Cl)=C(C)CC2. The Morgan fingerprint density at radius 3 is 2.56 bits per heavy atom. The maximum absolute atomic E-state index is 6.18. The van der Waals surface area contributed by atoms with Crippen LogP contribution in [0.2, 0.25) is 5.02 Å². The van der Waals surface area contributed by atoms with Crippen molar-refractivity contribution in [2.45, 2.75) is 33.1 Å². The van der Waals surface area contributed by atoms with Crippen LogP contribution in [0.25, 0.3) is 0 Å². The highest BCUT2D eigenvalue weighted by molar-refractivity contribution is 6.76. The zero-order valence-corrected chi connectivity index (χ0v) is 12.6. The molecule has 0 atom stereocenters. The summed E-state index contributed by atoms with van der Waals surface area (Å²) in [6.07, 6.45) is 2.64. The maximum atomic E-state index is 6.18. The van der Waals surface area contributed by atoms with Crippen molar-refractivity contribution >= 4 is 45.7 Å². The van der Waals surface area contributed by atoms with Crippen LogP contribution in [0.15, 0.2) is 27.7 Å². The van der Waals surface area contributed by atoms with Crippen LogP contribution in [-0.2, 0) is 12.8 Å². The Bertz CT molecular complexity index is 544. The van der Waals surface area contributed by atoms with Gasteiger partial charge in [0.2, 0.25) is 0 Å². The topological polar surface area (TPSA) is 12.4 Å². The number of rotatable bonds is 1. The molecule has 0 aliphatic carbocycles. The second-order valence-electron chi connectivity index (χ2n) is 4.42. The highest BCUT2D eigenvalue weighted by Crippen LogP contribution is 2.34. The van der Waals surface area contributed by atoms with E-state index in [4.69, 9.17) is 34.8 Å². The van der Waals surface area contributed by atoms with Crippen molar-refractivity contribution in [2.24, 2.45) is 4.99 Å². The summed E-state index contributed by atoms with van der Waals surface area (Å²) in [7, 11) is 0. The Balaban J connectivity index is 2.64. The summed E-state index contributed by atoms with van der Waals surface area (Å²) in [5, 5.41) is 1.69. The van der Waals surface area contributed by atoms with E-state index in [1.54, 1.807) is 0 Å². The molecule has 96 valence electrons. The summed E-state index contributed by atoms with van der Waals surface area (Å²) in [6, 6.07) is 3.91. The first-order valence-corrected chi connectivity index (χ1v) is 7.07. The van der Waals surface area contributed by atoms with Crippen LogP contribution in [0.4, 0.5) is 5.69 Å². The van der Waals surface area contributed by atoms with Crippen molar-refractivity contribution in [1.82, 2.24) is 0 Å². The number of fused-ring (bicyclic) bond motifs is 1. The van der Waals surface area contributed by atoms with Gasteiger partial charge in [-0.05, 0) is 49.4 Å². The summed E-state index contributed by atoms with van der Waals surface area (Å²) in [6.45, 7) is 4.06. The average molecular weight is 303 g/mol.